The molecule has 0 aliphatic carbocycles. The summed E-state index contributed by atoms with van der Waals surface area (Å²) in [5.74, 6) is -2.02. The third kappa shape index (κ3) is 5.14. The molecule has 2 heterocycles. The van der Waals surface area contributed by atoms with E-state index in [9.17, 15) is 22.6 Å². The SMILES string of the molecule is CON=C[C@@H]1[C@H](NC(=O)/C(=N\OC)c2csc(N)n2)C(=O)N1S(=O)(=O)[O-].[Na+]. The Morgan fingerprint density at radius 2 is 2.15 bits per heavy atom. The fraction of sp³-hybridized carbons (Fsp3) is 0.364. The van der Waals surface area contributed by atoms with Gasteiger partial charge in [-0.25, -0.2) is 17.7 Å². The van der Waals surface area contributed by atoms with Crippen LogP contribution in [0, 0.1) is 0 Å². The summed E-state index contributed by atoms with van der Waals surface area (Å²) in [4.78, 5) is 37.2. The molecular weight excluding hydrogens is 415 g/mol. The molecule has 2 atom stereocenters. The van der Waals surface area contributed by atoms with Crippen LogP contribution in [0.4, 0.5) is 5.13 Å². The van der Waals surface area contributed by atoms with E-state index < -0.39 is 34.2 Å². The molecule has 0 radical (unpaired) electrons. The molecule has 1 fully saturated rings. The Bertz CT molecular complexity index is 870. The zero-order valence-electron chi connectivity index (χ0n) is 14.3. The number of β-lactam (4-membered cyclic amide) rings is 1. The zero-order chi connectivity index (χ0) is 19.5. The van der Waals surface area contributed by atoms with Gasteiger partial charge in [0.1, 0.15) is 32.0 Å². The summed E-state index contributed by atoms with van der Waals surface area (Å²) in [7, 11) is -2.72. The third-order valence-corrected chi connectivity index (χ3v) is 4.68. The molecule has 1 saturated heterocycles. The molecule has 1 aromatic rings. The molecule has 0 bridgehead atoms. The molecule has 142 valence electrons. The first kappa shape index (κ1) is 23.3. The minimum absolute atomic E-state index is 0. The quantitative estimate of drug-likeness (QED) is 0.141. The topological polar surface area (TPSA) is 189 Å². The molecule has 1 aromatic heterocycles. The Morgan fingerprint density at radius 3 is 2.63 bits per heavy atom. The first-order valence-corrected chi connectivity index (χ1v) is 8.94. The van der Waals surface area contributed by atoms with Crippen LogP contribution in [0.15, 0.2) is 15.7 Å². The van der Waals surface area contributed by atoms with E-state index in [1.54, 1.807) is 0 Å². The maximum absolute atomic E-state index is 12.4. The van der Waals surface area contributed by atoms with Gasteiger partial charge in [0.25, 0.3) is 11.8 Å². The van der Waals surface area contributed by atoms with Crippen molar-refractivity contribution in [2.75, 3.05) is 20.0 Å². The number of nitrogen functional groups attached to an aromatic ring is 1. The Morgan fingerprint density at radius 1 is 1.48 bits per heavy atom. The number of hydrogen-bond donors (Lipinski definition) is 2. The van der Waals surface area contributed by atoms with Gasteiger partial charge in [0.05, 0.1) is 6.21 Å². The van der Waals surface area contributed by atoms with Gasteiger partial charge >= 0.3 is 29.6 Å². The Balaban J connectivity index is 0.00000364. The monoisotopic (exact) mass is 428 g/mol. The van der Waals surface area contributed by atoms with Gasteiger partial charge in [0.2, 0.25) is 0 Å². The number of carbonyl (C=O) groups excluding carboxylic acids is 2. The van der Waals surface area contributed by atoms with E-state index in [0.29, 0.717) is 0 Å². The average Bonchev–Trinajstić information content (AvgIpc) is 2.98. The van der Waals surface area contributed by atoms with Gasteiger partial charge in [0, 0.05) is 5.38 Å². The summed E-state index contributed by atoms with van der Waals surface area (Å²) >= 11 is 1.05. The number of carbonyl (C=O) groups is 2. The second-order valence-electron chi connectivity index (χ2n) is 4.66. The van der Waals surface area contributed by atoms with E-state index in [-0.39, 0.29) is 50.4 Å². The van der Waals surface area contributed by atoms with Crippen LogP contribution in [0.25, 0.3) is 0 Å². The fourth-order valence-electron chi connectivity index (χ4n) is 2.06. The van der Waals surface area contributed by atoms with Crippen molar-refractivity contribution in [2.24, 2.45) is 10.3 Å². The molecule has 2 amide bonds. The molecule has 13 nitrogen and oxygen atoms in total. The van der Waals surface area contributed by atoms with Crippen LogP contribution >= 0.6 is 11.3 Å². The van der Waals surface area contributed by atoms with Gasteiger partial charge in [-0.1, -0.05) is 10.3 Å². The van der Waals surface area contributed by atoms with Crippen LogP contribution in [0.3, 0.4) is 0 Å². The Kier molecular flexibility index (Phi) is 8.12. The summed E-state index contributed by atoms with van der Waals surface area (Å²) in [6.07, 6.45) is 0.899. The normalized spacial score (nSPS) is 20.0. The molecule has 2 rings (SSSR count). The number of thiazole rings is 1. The number of amides is 2. The molecule has 1 aliphatic heterocycles. The number of anilines is 1. The molecule has 0 aromatic carbocycles. The Hall–Kier alpha value is -1.78. The summed E-state index contributed by atoms with van der Waals surface area (Å²) in [5, 5.41) is 10.7. The van der Waals surface area contributed by atoms with Gasteiger partial charge in [0.15, 0.2) is 21.1 Å². The van der Waals surface area contributed by atoms with Crippen molar-refractivity contribution in [3.05, 3.63) is 11.1 Å². The van der Waals surface area contributed by atoms with Gasteiger partial charge < -0.3 is 25.3 Å². The number of oxime groups is 2. The number of nitrogens with zero attached hydrogens (tertiary/aromatic N) is 4. The van der Waals surface area contributed by atoms with Crippen molar-refractivity contribution in [3.8, 4) is 0 Å². The van der Waals surface area contributed by atoms with E-state index >= 15 is 0 Å². The number of nitrogens with two attached hydrogens (primary N) is 1. The number of rotatable bonds is 7. The second-order valence-corrected chi connectivity index (χ2v) is 6.80. The molecule has 0 saturated carbocycles. The summed E-state index contributed by atoms with van der Waals surface area (Å²) in [5.41, 5.74) is 5.30. The fourth-order valence-corrected chi connectivity index (χ4v) is 3.42. The van der Waals surface area contributed by atoms with E-state index in [1.807, 2.05) is 0 Å². The van der Waals surface area contributed by atoms with Crippen molar-refractivity contribution in [1.29, 1.82) is 0 Å². The third-order valence-electron chi connectivity index (χ3n) is 3.10. The van der Waals surface area contributed by atoms with Crippen molar-refractivity contribution in [3.63, 3.8) is 0 Å². The molecule has 16 heteroatoms. The first-order chi connectivity index (χ1) is 12.2. The summed E-state index contributed by atoms with van der Waals surface area (Å²) in [6, 6.07) is -2.72. The first-order valence-electron chi connectivity index (χ1n) is 6.69. The van der Waals surface area contributed by atoms with Gasteiger partial charge in [-0.3, -0.25) is 9.59 Å². The molecule has 0 unspecified atom stereocenters. The van der Waals surface area contributed by atoms with Gasteiger partial charge in [-0.2, -0.15) is 0 Å². The van der Waals surface area contributed by atoms with E-state index in [1.165, 1.54) is 19.6 Å². The maximum atomic E-state index is 12.4. The molecule has 3 N–H and O–H groups in total. The van der Waals surface area contributed by atoms with Gasteiger partial charge in [-0.05, 0) is 0 Å². The second kappa shape index (κ2) is 9.43. The van der Waals surface area contributed by atoms with Crippen LogP contribution in [-0.2, 0) is 29.6 Å². The van der Waals surface area contributed by atoms with Crippen LogP contribution < -0.4 is 40.6 Å². The molecule has 27 heavy (non-hydrogen) atoms. The van der Waals surface area contributed by atoms with Crippen molar-refractivity contribution >= 4 is 50.5 Å². The summed E-state index contributed by atoms with van der Waals surface area (Å²) in [6.45, 7) is 0. The van der Waals surface area contributed by atoms with Crippen LogP contribution in [0.5, 0.6) is 0 Å². The number of hydrogen-bond acceptors (Lipinski definition) is 12. The standard InChI is InChI=1S/C11H14N6O7S2.Na/c1-23-13-3-6-8(10(19)17(6)26(20,21)22)15-9(18)7(16-24-2)5-4-25-11(12)14-5;/h3-4,6,8H,1-2H3,(H2,12,14)(H,15,18)(H,20,21,22);/q;+1/p-1/b13-3?,16-7-;/t6-,8+;/m1./s1. The maximum Gasteiger partial charge on any atom is 1.00 e. The largest absolute Gasteiger partial charge is 1.00 e. The molecular formula is C11H13N6NaO7S2. The van der Waals surface area contributed by atoms with Crippen molar-refractivity contribution in [2.45, 2.75) is 12.1 Å². The van der Waals surface area contributed by atoms with Crippen LogP contribution in [-0.4, -0.2) is 72.3 Å². The van der Waals surface area contributed by atoms with E-state index in [2.05, 4.69) is 30.3 Å². The van der Waals surface area contributed by atoms with Crippen molar-refractivity contribution in [1.82, 2.24) is 14.6 Å². The van der Waals surface area contributed by atoms with Crippen LogP contribution in [0.1, 0.15) is 5.69 Å². The molecule has 0 spiro atoms. The average molecular weight is 428 g/mol. The summed E-state index contributed by atoms with van der Waals surface area (Å²) < 4.78 is 33.5. The van der Waals surface area contributed by atoms with E-state index in [4.69, 9.17) is 5.73 Å². The smallest absolute Gasteiger partial charge is 0.731 e. The number of nitrogens with one attached hydrogen (secondary N) is 1. The van der Waals surface area contributed by atoms with Crippen LogP contribution in [0.2, 0.25) is 0 Å². The minimum atomic E-state index is -5.09. The molecule has 1 aliphatic rings. The van der Waals surface area contributed by atoms with Gasteiger partial charge in [-0.15, -0.1) is 11.3 Å². The minimum Gasteiger partial charge on any atom is -0.731 e. The van der Waals surface area contributed by atoms with Crippen molar-refractivity contribution < 1.29 is 61.8 Å². The van der Waals surface area contributed by atoms with E-state index in [0.717, 1.165) is 17.6 Å². The predicted molar refractivity (Wildman–Crippen MR) is 87.8 cm³/mol. The predicted octanol–water partition coefficient (Wildman–Crippen LogP) is -5.13. The zero-order valence-corrected chi connectivity index (χ0v) is 18.0. The number of aromatic nitrogens is 1. The Labute approximate surface area is 179 Å².